The Bertz CT molecular complexity index is 2160. The number of nitrogens with zero attached hydrogens (tertiary/aromatic N) is 2. The van der Waals surface area contributed by atoms with Gasteiger partial charge in [0.15, 0.2) is 11.4 Å². The number of rotatable bonds is 10. The molecule has 3 heterocycles. The number of Topliss-reactive ketones (excluding diaryl/α,β-unsaturated/α-hetero) is 1. The van der Waals surface area contributed by atoms with Crippen LogP contribution in [0.4, 0.5) is 8.78 Å². The highest BCUT2D eigenvalue weighted by Gasteiger charge is 2.63. The number of esters is 1. The fourth-order valence-electron chi connectivity index (χ4n) is 8.15. The summed E-state index contributed by atoms with van der Waals surface area (Å²) in [4.78, 5) is 62.7. The lowest BCUT2D eigenvalue weighted by Gasteiger charge is -2.34. The summed E-state index contributed by atoms with van der Waals surface area (Å²) in [6, 6.07) is 5.47. The second kappa shape index (κ2) is 15.6. The zero-order valence-electron chi connectivity index (χ0n) is 36.3. The van der Waals surface area contributed by atoms with Crippen molar-refractivity contribution < 1.29 is 54.7 Å². The number of nitrogens with one attached hydrogen (secondary N) is 1. The Hall–Kier alpha value is -4.14. The first-order valence-electron chi connectivity index (χ1n) is 21.2. The van der Waals surface area contributed by atoms with Gasteiger partial charge in [-0.2, -0.15) is 0 Å². The Labute approximate surface area is 337 Å². The molecular formula is C42H55F2N3O9S. The van der Waals surface area contributed by atoms with Crippen molar-refractivity contribution in [2.45, 2.75) is 128 Å². The van der Waals surface area contributed by atoms with Crippen LogP contribution in [-0.2, 0) is 33.9 Å². The first-order valence-corrected chi connectivity index (χ1v) is 21.1. The number of pyridine rings is 1. The monoisotopic (exact) mass is 818 g/mol. The molecule has 0 unspecified atom stereocenters. The molecule has 2 aliphatic heterocycles. The molecule has 7 atom stereocenters. The Kier molecular flexibility index (Phi) is 10.5. The van der Waals surface area contributed by atoms with Gasteiger partial charge in [-0.05, 0) is 83.1 Å². The SMILES string of the molecule is [2H]C([2H])([2H])Oc1cnc(O[C@@H]2C[C@H]3C(=O)C[C@]4(C(=O)NS(=O)(=O)C5(C)CC5)C[C@H]4/C=C\CC[C@H](C)C[C@@H](C)[C@H](CC(=O)OC(C)(C)C(C)(F)F)C(=O)N3C2)c2ccccc12. The molecule has 2 aromatic rings. The van der Waals surface area contributed by atoms with Gasteiger partial charge >= 0.3 is 5.97 Å². The van der Waals surface area contributed by atoms with Gasteiger partial charge < -0.3 is 19.1 Å². The molecule has 1 saturated heterocycles. The molecule has 4 aliphatic rings. The van der Waals surface area contributed by atoms with Crippen molar-refractivity contribution >= 4 is 44.4 Å². The van der Waals surface area contributed by atoms with E-state index in [0.29, 0.717) is 49.8 Å². The molecule has 1 aromatic heterocycles. The number of fused-ring (bicyclic) bond motifs is 3. The van der Waals surface area contributed by atoms with Gasteiger partial charge in [0.2, 0.25) is 27.7 Å². The normalized spacial score (nSPS) is 30.9. The number of sulfonamides is 1. The standard InChI is InChI=1S/C42H55F2N3O9S/c1-25-12-8-9-13-27-21-42(27,38(51)46-57(52,53)40(5)16-17-40)22-33(48)32-19-28(55-36-30-15-11-10-14-29(30)34(54-7)23-45-36)24-47(32)37(50)31(26(2)18-25)20-35(49)56-39(3,4)41(6,43)44/h9-11,13-15,23,25-28,31-32H,8,12,16-22,24H2,1-7H3,(H,46,51)/b13-9-/t25-,26+,27+,28+,31-,32-,42+/m0/s1/i7D3. The van der Waals surface area contributed by atoms with Crippen LogP contribution in [0.25, 0.3) is 10.8 Å². The first-order chi connectivity index (χ1) is 27.8. The summed E-state index contributed by atoms with van der Waals surface area (Å²) < 4.78 is 96.2. The number of carbonyl (C=O) groups is 4. The van der Waals surface area contributed by atoms with Gasteiger partial charge in [0, 0.05) is 30.5 Å². The molecule has 6 rings (SSSR count). The van der Waals surface area contributed by atoms with Gasteiger partial charge in [-0.3, -0.25) is 23.9 Å². The van der Waals surface area contributed by atoms with E-state index >= 15 is 0 Å². The lowest BCUT2D eigenvalue weighted by molar-refractivity contribution is -0.197. The number of hydrogen-bond donors (Lipinski definition) is 1. The van der Waals surface area contributed by atoms with E-state index in [-0.39, 0.29) is 43.4 Å². The predicted molar refractivity (Wildman–Crippen MR) is 208 cm³/mol. The fraction of sp³-hybridized carbons (Fsp3) is 0.643. The van der Waals surface area contributed by atoms with Crippen LogP contribution in [-0.4, -0.2) is 83.9 Å². The zero-order valence-corrected chi connectivity index (χ0v) is 34.1. The molecule has 312 valence electrons. The predicted octanol–water partition coefficient (Wildman–Crippen LogP) is 6.55. The molecule has 3 fully saturated rings. The zero-order chi connectivity index (χ0) is 44.2. The minimum atomic E-state index is -4.04. The average Bonchev–Trinajstić information content (AvgIpc) is 4.01. The van der Waals surface area contributed by atoms with Crippen LogP contribution in [0.3, 0.4) is 0 Å². The second-order valence-electron chi connectivity index (χ2n) is 17.6. The number of halogens is 2. The molecule has 15 heteroatoms. The molecule has 1 aromatic carbocycles. The third-order valence-corrected chi connectivity index (χ3v) is 14.9. The van der Waals surface area contributed by atoms with E-state index in [2.05, 4.69) is 9.71 Å². The minimum Gasteiger partial charge on any atom is -0.494 e. The smallest absolute Gasteiger partial charge is 0.307 e. The number of alkyl halides is 2. The molecule has 57 heavy (non-hydrogen) atoms. The van der Waals surface area contributed by atoms with Gasteiger partial charge in [0.25, 0.3) is 5.92 Å². The largest absolute Gasteiger partial charge is 0.494 e. The maximum Gasteiger partial charge on any atom is 0.307 e. The highest BCUT2D eigenvalue weighted by molar-refractivity contribution is 7.91. The van der Waals surface area contributed by atoms with Gasteiger partial charge in [0.05, 0.1) is 52.4 Å². The van der Waals surface area contributed by atoms with Crippen molar-refractivity contribution in [1.82, 2.24) is 14.6 Å². The van der Waals surface area contributed by atoms with E-state index in [0.717, 1.165) is 13.8 Å². The summed E-state index contributed by atoms with van der Waals surface area (Å²) in [6.07, 6.45) is 5.88. The fourth-order valence-corrected chi connectivity index (χ4v) is 9.49. The van der Waals surface area contributed by atoms with Crippen molar-refractivity contribution in [2.75, 3.05) is 13.6 Å². The summed E-state index contributed by atoms with van der Waals surface area (Å²) in [7, 11) is -6.81. The highest BCUT2D eigenvalue weighted by atomic mass is 32.2. The van der Waals surface area contributed by atoms with E-state index in [9.17, 15) is 36.4 Å². The maximum absolute atomic E-state index is 14.9. The van der Waals surface area contributed by atoms with Crippen LogP contribution < -0.4 is 14.2 Å². The van der Waals surface area contributed by atoms with Crippen LogP contribution in [0.15, 0.2) is 42.6 Å². The number of aromatic nitrogens is 1. The third kappa shape index (κ3) is 8.68. The van der Waals surface area contributed by atoms with Crippen LogP contribution >= 0.6 is 0 Å². The topological polar surface area (TPSA) is 158 Å². The Morgan fingerprint density at radius 1 is 1.11 bits per heavy atom. The number of ether oxygens (including phenoxy) is 3. The quantitative estimate of drug-likeness (QED) is 0.206. The number of allylic oxidation sites excluding steroid dienone is 2. The lowest BCUT2D eigenvalue weighted by atomic mass is 9.82. The molecule has 12 nitrogen and oxygen atoms in total. The van der Waals surface area contributed by atoms with E-state index < -0.39 is 98.6 Å². The summed E-state index contributed by atoms with van der Waals surface area (Å²) in [5.41, 5.74) is -3.57. The summed E-state index contributed by atoms with van der Waals surface area (Å²) in [5.74, 6) is -8.20. The molecule has 0 bridgehead atoms. The van der Waals surface area contributed by atoms with Crippen LogP contribution in [0.2, 0.25) is 0 Å². The van der Waals surface area contributed by atoms with Crippen LogP contribution in [0, 0.1) is 29.1 Å². The Balaban J connectivity index is 1.36. The minimum absolute atomic E-state index is 0.0151. The van der Waals surface area contributed by atoms with Gasteiger partial charge in [-0.1, -0.05) is 44.2 Å². The number of benzene rings is 1. The van der Waals surface area contributed by atoms with Gasteiger partial charge in [-0.25, -0.2) is 22.2 Å². The molecule has 1 N–H and O–H groups in total. The van der Waals surface area contributed by atoms with E-state index in [1.807, 2.05) is 19.1 Å². The summed E-state index contributed by atoms with van der Waals surface area (Å²) in [6.45, 7) is 8.01. The lowest BCUT2D eigenvalue weighted by Crippen LogP contribution is -2.49. The van der Waals surface area contributed by atoms with Gasteiger partial charge in [0.1, 0.15) is 11.9 Å². The summed E-state index contributed by atoms with van der Waals surface area (Å²) in [5, 5.41) is 0.783. The molecule has 0 radical (unpaired) electrons. The first kappa shape index (κ1) is 38.4. The molecule has 2 amide bonds. The number of ketones is 1. The van der Waals surface area contributed by atoms with Gasteiger partial charge in [-0.15, -0.1) is 0 Å². The van der Waals surface area contributed by atoms with Crippen LogP contribution in [0.5, 0.6) is 11.6 Å². The van der Waals surface area contributed by atoms with E-state index in [1.165, 1.54) is 11.1 Å². The number of hydrogen-bond acceptors (Lipinski definition) is 10. The number of methoxy groups -OCH3 is 1. The van der Waals surface area contributed by atoms with E-state index in [1.54, 1.807) is 38.1 Å². The number of amides is 2. The van der Waals surface area contributed by atoms with E-state index in [4.69, 9.17) is 18.3 Å². The highest BCUT2D eigenvalue weighted by Crippen LogP contribution is 2.58. The van der Waals surface area contributed by atoms with Crippen molar-refractivity contribution in [3.8, 4) is 11.6 Å². The summed E-state index contributed by atoms with van der Waals surface area (Å²) >= 11 is 0. The Morgan fingerprint density at radius 3 is 2.47 bits per heavy atom. The van der Waals surface area contributed by atoms with Crippen LogP contribution in [0.1, 0.15) is 103 Å². The van der Waals surface area contributed by atoms with Crippen molar-refractivity contribution in [3.05, 3.63) is 42.6 Å². The Morgan fingerprint density at radius 2 is 1.81 bits per heavy atom. The maximum atomic E-state index is 14.9. The average molecular weight is 819 g/mol. The molecule has 2 saturated carbocycles. The molecule has 0 spiro atoms. The molecule has 2 aliphatic carbocycles. The second-order valence-corrected chi connectivity index (χ2v) is 19.8. The number of carbonyl (C=O) groups excluding carboxylic acids is 4. The van der Waals surface area contributed by atoms with Crippen molar-refractivity contribution in [2.24, 2.45) is 29.1 Å². The van der Waals surface area contributed by atoms with Crippen molar-refractivity contribution in [1.29, 1.82) is 0 Å². The van der Waals surface area contributed by atoms with Crippen molar-refractivity contribution in [3.63, 3.8) is 0 Å². The molecular weight excluding hydrogens is 761 g/mol. The third-order valence-electron chi connectivity index (χ3n) is 12.7.